The van der Waals surface area contributed by atoms with Crippen molar-refractivity contribution >= 4 is 40.3 Å². The summed E-state index contributed by atoms with van der Waals surface area (Å²) >= 11 is 11.7. The second-order valence-corrected chi connectivity index (χ2v) is 6.30. The standard InChI is InChI=1S/C18H23ClN2O3S/c1-2-24-17(22)7-8-20-13-16(14-3-5-15(19)6-4-14)18(25)21-9-11-23-12-10-21/h3-6,13,20H,2,7-12H2,1H3/b16-13-. The predicted molar refractivity (Wildman–Crippen MR) is 104 cm³/mol. The number of rotatable bonds is 7. The van der Waals surface area contributed by atoms with E-state index >= 15 is 0 Å². The summed E-state index contributed by atoms with van der Waals surface area (Å²) in [6.07, 6.45) is 2.17. The molecule has 0 aromatic heterocycles. The number of morpholine rings is 1. The summed E-state index contributed by atoms with van der Waals surface area (Å²) in [5, 5.41) is 3.84. The largest absolute Gasteiger partial charge is 0.466 e. The van der Waals surface area contributed by atoms with Crippen LogP contribution in [0.25, 0.3) is 5.57 Å². The predicted octanol–water partition coefficient (Wildman–Crippen LogP) is 2.88. The molecule has 1 aliphatic heterocycles. The van der Waals surface area contributed by atoms with Crippen LogP contribution in [-0.4, -0.2) is 55.3 Å². The van der Waals surface area contributed by atoms with E-state index in [1.54, 1.807) is 6.92 Å². The number of hydrogen-bond acceptors (Lipinski definition) is 5. The highest BCUT2D eigenvalue weighted by atomic mass is 35.5. The van der Waals surface area contributed by atoms with Gasteiger partial charge in [0.25, 0.3) is 0 Å². The van der Waals surface area contributed by atoms with E-state index in [0.717, 1.165) is 29.2 Å². The molecule has 0 aliphatic carbocycles. The van der Waals surface area contributed by atoms with Gasteiger partial charge in [0.2, 0.25) is 0 Å². The van der Waals surface area contributed by atoms with E-state index in [0.29, 0.717) is 37.8 Å². The normalized spacial score (nSPS) is 15.0. The topological polar surface area (TPSA) is 50.8 Å². The second kappa shape index (κ2) is 10.4. The molecule has 1 aliphatic rings. The van der Waals surface area contributed by atoms with Crippen molar-refractivity contribution < 1.29 is 14.3 Å². The highest BCUT2D eigenvalue weighted by Crippen LogP contribution is 2.21. The Kier molecular flexibility index (Phi) is 8.18. The Balaban J connectivity index is 2.08. The maximum Gasteiger partial charge on any atom is 0.307 e. The Labute approximate surface area is 158 Å². The first-order chi connectivity index (χ1) is 12.1. The average Bonchev–Trinajstić information content (AvgIpc) is 2.63. The second-order valence-electron chi connectivity index (χ2n) is 5.48. The number of hydrogen-bond donors (Lipinski definition) is 1. The Morgan fingerprint density at radius 3 is 2.68 bits per heavy atom. The Bertz CT molecular complexity index is 613. The molecule has 1 saturated heterocycles. The molecule has 0 saturated carbocycles. The molecule has 0 amide bonds. The van der Waals surface area contributed by atoms with Gasteiger partial charge in [-0.1, -0.05) is 36.0 Å². The first kappa shape index (κ1) is 19.7. The van der Waals surface area contributed by atoms with Crippen LogP contribution in [0.2, 0.25) is 5.02 Å². The van der Waals surface area contributed by atoms with Crippen LogP contribution in [0.1, 0.15) is 18.9 Å². The van der Waals surface area contributed by atoms with Gasteiger partial charge in [-0.3, -0.25) is 4.79 Å². The van der Waals surface area contributed by atoms with E-state index < -0.39 is 0 Å². The van der Waals surface area contributed by atoms with E-state index in [2.05, 4.69) is 10.2 Å². The number of carbonyl (C=O) groups excluding carboxylic acids is 1. The van der Waals surface area contributed by atoms with Gasteiger partial charge in [0.15, 0.2) is 0 Å². The number of nitrogens with one attached hydrogen (secondary N) is 1. The van der Waals surface area contributed by atoms with Crippen LogP contribution < -0.4 is 5.32 Å². The molecule has 1 heterocycles. The summed E-state index contributed by atoms with van der Waals surface area (Å²) in [5.41, 5.74) is 1.88. The lowest BCUT2D eigenvalue weighted by molar-refractivity contribution is -0.142. The van der Waals surface area contributed by atoms with E-state index in [4.69, 9.17) is 33.3 Å². The van der Waals surface area contributed by atoms with Gasteiger partial charge in [-0.05, 0) is 24.6 Å². The number of esters is 1. The lowest BCUT2D eigenvalue weighted by atomic mass is 10.1. The Hall–Kier alpha value is -1.63. The molecule has 136 valence electrons. The molecule has 0 radical (unpaired) electrons. The smallest absolute Gasteiger partial charge is 0.307 e. The van der Waals surface area contributed by atoms with Crippen molar-refractivity contribution in [2.75, 3.05) is 39.5 Å². The van der Waals surface area contributed by atoms with E-state index in [1.165, 1.54) is 0 Å². The van der Waals surface area contributed by atoms with Crippen LogP contribution >= 0.6 is 23.8 Å². The minimum atomic E-state index is -0.216. The highest BCUT2D eigenvalue weighted by Gasteiger charge is 2.18. The Morgan fingerprint density at radius 2 is 2.04 bits per heavy atom. The summed E-state index contributed by atoms with van der Waals surface area (Å²) in [6.45, 7) is 5.56. The van der Waals surface area contributed by atoms with Gasteiger partial charge >= 0.3 is 5.97 Å². The van der Waals surface area contributed by atoms with Crippen LogP contribution in [0.4, 0.5) is 0 Å². The molecule has 25 heavy (non-hydrogen) atoms. The van der Waals surface area contributed by atoms with Crippen LogP contribution in [0.5, 0.6) is 0 Å². The SMILES string of the molecule is CCOC(=O)CCN/C=C(\C(=S)N1CCOCC1)c1ccc(Cl)cc1. The van der Waals surface area contributed by atoms with Crippen molar-refractivity contribution in [1.29, 1.82) is 0 Å². The lowest BCUT2D eigenvalue weighted by Gasteiger charge is -2.30. The summed E-state index contributed by atoms with van der Waals surface area (Å²) in [7, 11) is 0. The third-order valence-electron chi connectivity index (χ3n) is 3.71. The number of benzene rings is 1. The monoisotopic (exact) mass is 382 g/mol. The molecule has 1 aromatic carbocycles. The number of halogens is 1. The van der Waals surface area contributed by atoms with Crippen LogP contribution in [-0.2, 0) is 14.3 Å². The fourth-order valence-corrected chi connectivity index (χ4v) is 2.90. The molecule has 1 aromatic rings. The first-order valence-electron chi connectivity index (χ1n) is 8.34. The van der Waals surface area contributed by atoms with E-state index in [9.17, 15) is 4.79 Å². The molecule has 2 rings (SSSR count). The van der Waals surface area contributed by atoms with Crippen molar-refractivity contribution in [3.63, 3.8) is 0 Å². The van der Waals surface area contributed by atoms with Crippen LogP contribution in [0.3, 0.4) is 0 Å². The molecule has 5 nitrogen and oxygen atoms in total. The third kappa shape index (κ3) is 6.30. The fourth-order valence-electron chi connectivity index (χ4n) is 2.42. The molecule has 1 N–H and O–H groups in total. The zero-order valence-corrected chi connectivity index (χ0v) is 15.9. The maximum absolute atomic E-state index is 11.4. The quantitative estimate of drug-likeness (QED) is 0.339. The number of nitrogens with zero attached hydrogens (tertiary/aromatic N) is 1. The first-order valence-corrected chi connectivity index (χ1v) is 9.12. The zero-order chi connectivity index (χ0) is 18.1. The number of carbonyl (C=O) groups is 1. The van der Waals surface area contributed by atoms with E-state index in [1.807, 2.05) is 30.5 Å². The molecule has 0 spiro atoms. The fraction of sp³-hybridized carbons (Fsp3) is 0.444. The van der Waals surface area contributed by atoms with Gasteiger partial charge in [-0.25, -0.2) is 0 Å². The van der Waals surface area contributed by atoms with Gasteiger partial charge in [-0.2, -0.15) is 0 Å². The maximum atomic E-state index is 11.4. The van der Waals surface area contributed by atoms with Crippen molar-refractivity contribution in [2.45, 2.75) is 13.3 Å². The van der Waals surface area contributed by atoms with Gasteiger partial charge in [0.05, 0.1) is 26.2 Å². The zero-order valence-electron chi connectivity index (χ0n) is 14.3. The Morgan fingerprint density at radius 1 is 1.36 bits per heavy atom. The summed E-state index contributed by atoms with van der Waals surface area (Å²) < 4.78 is 10.3. The lowest BCUT2D eigenvalue weighted by Crippen LogP contribution is -2.40. The van der Waals surface area contributed by atoms with Crippen molar-refractivity contribution in [3.8, 4) is 0 Å². The molecular weight excluding hydrogens is 360 g/mol. The summed E-state index contributed by atoms with van der Waals surface area (Å²) in [6, 6.07) is 7.55. The van der Waals surface area contributed by atoms with Gasteiger partial charge in [-0.15, -0.1) is 0 Å². The molecule has 0 bridgehead atoms. The number of thiocarbonyl (C=S) groups is 1. The summed E-state index contributed by atoms with van der Waals surface area (Å²) in [5.74, 6) is -0.216. The van der Waals surface area contributed by atoms with Crippen LogP contribution in [0, 0.1) is 0 Å². The minimum absolute atomic E-state index is 0.216. The highest BCUT2D eigenvalue weighted by molar-refractivity contribution is 7.81. The van der Waals surface area contributed by atoms with Gasteiger partial charge < -0.3 is 19.7 Å². The van der Waals surface area contributed by atoms with Crippen molar-refractivity contribution in [1.82, 2.24) is 10.2 Å². The van der Waals surface area contributed by atoms with Crippen LogP contribution in [0.15, 0.2) is 30.5 Å². The molecular formula is C18H23ClN2O3S. The van der Waals surface area contributed by atoms with Gasteiger partial charge in [0.1, 0.15) is 4.99 Å². The van der Waals surface area contributed by atoms with Crippen molar-refractivity contribution in [3.05, 3.63) is 41.1 Å². The van der Waals surface area contributed by atoms with Gasteiger partial charge in [0, 0.05) is 36.4 Å². The molecule has 1 fully saturated rings. The van der Waals surface area contributed by atoms with E-state index in [-0.39, 0.29) is 5.97 Å². The summed E-state index contributed by atoms with van der Waals surface area (Å²) in [4.78, 5) is 14.3. The average molecular weight is 383 g/mol. The molecule has 7 heteroatoms. The molecule has 0 atom stereocenters. The molecule has 0 unspecified atom stereocenters. The van der Waals surface area contributed by atoms with Crippen molar-refractivity contribution in [2.24, 2.45) is 0 Å². The third-order valence-corrected chi connectivity index (χ3v) is 4.44. The number of ether oxygens (including phenoxy) is 2. The minimum Gasteiger partial charge on any atom is -0.466 e.